The van der Waals surface area contributed by atoms with Crippen LogP contribution in [0.3, 0.4) is 0 Å². The molecule has 0 aliphatic carbocycles. The van der Waals surface area contributed by atoms with Crippen molar-refractivity contribution in [3.05, 3.63) is 236 Å². The SMILES string of the molecule is Cc1cc(C)cc(-c2c3cc(N(c4ccccc4)c4ccc5ccccc5c4)ccc3c(-c3ccccc3)c3cc(N(c4c#cccc4)c4ccc5ccccc5c4)cnc23)c1. The Hall–Kier alpha value is -8.19. The van der Waals surface area contributed by atoms with Gasteiger partial charge in [0.25, 0.3) is 0 Å². The molecular weight excluding hydrogens is 751 g/mol. The van der Waals surface area contributed by atoms with Gasteiger partial charge < -0.3 is 9.80 Å². The van der Waals surface area contributed by atoms with Crippen LogP contribution in [0, 0.1) is 26.0 Å². The van der Waals surface area contributed by atoms with Crippen LogP contribution in [0.15, 0.2) is 212 Å². The van der Waals surface area contributed by atoms with E-state index >= 15 is 0 Å². The Morgan fingerprint density at radius 2 is 0.968 bits per heavy atom. The third kappa shape index (κ3) is 6.65. The Morgan fingerprint density at radius 1 is 0.387 bits per heavy atom. The second-order valence-electron chi connectivity index (χ2n) is 16.1. The summed E-state index contributed by atoms with van der Waals surface area (Å²) in [7, 11) is 0. The second kappa shape index (κ2) is 15.4. The van der Waals surface area contributed by atoms with Crippen LogP contribution in [0.5, 0.6) is 0 Å². The molecule has 0 saturated heterocycles. The maximum absolute atomic E-state index is 5.53. The predicted octanol–water partition coefficient (Wildman–Crippen LogP) is 16.2. The van der Waals surface area contributed by atoms with Gasteiger partial charge in [0.15, 0.2) is 0 Å². The minimum atomic E-state index is 0.889. The first kappa shape index (κ1) is 36.9. The molecule has 0 amide bonds. The zero-order valence-corrected chi connectivity index (χ0v) is 34.5. The summed E-state index contributed by atoms with van der Waals surface area (Å²) in [4.78, 5) is 10.1. The third-order valence-electron chi connectivity index (χ3n) is 11.9. The van der Waals surface area contributed by atoms with E-state index in [0.717, 1.165) is 78.1 Å². The molecule has 0 N–H and O–H groups in total. The Labute approximate surface area is 362 Å². The van der Waals surface area contributed by atoms with Gasteiger partial charge in [-0.25, -0.2) is 0 Å². The molecule has 62 heavy (non-hydrogen) atoms. The molecule has 1 aromatic heterocycles. The summed E-state index contributed by atoms with van der Waals surface area (Å²) < 4.78 is 0. The minimum absolute atomic E-state index is 0.889. The zero-order valence-electron chi connectivity index (χ0n) is 34.5. The molecule has 0 spiro atoms. The molecule has 0 bridgehead atoms. The van der Waals surface area contributed by atoms with E-state index in [1.54, 1.807) is 0 Å². The smallest absolute Gasteiger partial charge is 0.0974 e. The fraction of sp³-hybridized carbons (Fsp3) is 0.0339. The highest BCUT2D eigenvalue weighted by molar-refractivity contribution is 6.21. The van der Waals surface area contributed by atoms with Crippen LogP contribution in [0.25, 0.3) is 65.5 Å². The van der Waals surface area contributed by atoms with E-state index in [1.807, 2.05) is 18.3 Å². The van der Waals surface area contributed by atoms with Crippen molar-refractivity contribution in [2.45, 2.75) is 13.8 Å². The average molecular weight is 792 g/mol. The van der Waals surface area contributed by atoms with Crippen LogP contribution >= 0.6 is 0 Å². The Morgan fingerprint density at radius 3 is 1.63 bits per heavy atom. The van der Waals surface area contributed by atoms with Crippen molar-refractivity contribution in [1.82, 2.24) is 4.98 Å². The van der Waals surface area contributed by atoms with E-state index < -0.39 is 0 Å². The summed E-state index contributed by atoms with van der Waals surface area (Å²) in [5.74, 6) is 0. The summed E-state index contributed by atoms with van der Waals surface area (Å²) >= 11 is 0. The molecule has 11 rings (SSSR count). The molecule has 0 unspecified atom stereocenters. The van der Waals surface area contributed by atoms with Gasteiger partial charge >= 0.3 is 0 Å². The topological polar surface area (TPSA) is 19.4 Å². The van der Waals surface area contributed by atoms with E-state index in [-0.39, 0.29) is 0 Å². The summed E-state index contributed by atoms with van der Waals surface area (Å²) in [5.41, 5.74) is 14.0. The first-order valence-corrected chi connectivity index (χ1v) is 21.1. The average Bonchev–Trinajstić information content (AvgIpc) is 3.31. The lowest BCUT2D eigenvalue weighted by molar-refractivity contribution is 1.26. The van der Waals surface area contributed by atoms with Gasteiger partial charge in [-0.1, -0.05) is 157 Å². The van der Waals surface area contributed by atoms with Gasteiger partial charge in [0, 0.05) is 33.7 Å². The van der Waals surface area contributed by atoms with Gasteiger partial charge in [-0.05, 0) is 136 Å². The number of fused-ring (bicyclic) bond motifs is 4. The molecule has 0 aliphatic heterocycles. The van der Waals surface area contributed by atoms with Crippen LogP contribution in [-0.2, 0) is 0 Å². The number of hydrogen-bond acceptors (Lipinski definition) is 3. The lowest BCUT2D eigenvalue weighted by Crippen LogP contribution is -2.10. The highest BCUT2D eigenvalue weighted by atomic mass is 15.1. The summed E-state index contributed by atoms with van der Waals surface area (Å²) in [6.07, 6.45) is 2.03. The molecule has 0 radical (unpaired) electrons. The molecule has 292 valence electrons. The third-order valence-corrected chi connectivity index (χ3v) is 11.9. The van der Waals surface area contributed by atoms with Crippen molar-refractivity contribution >= 4 is 77.3 Å². The lowest BCUT2D eigenvalue weighted by atomic mass is 9.86. The Balaban J connectivity index is 1.22. The maximum atomic E-state index is 5.53. The molecule has 0 fully saturated rings. The number of rotatable bonds is 8. The molecule has 0 saturated carbocycles. The first-order valence-electron chi connectivity index (χ1n) is 21.1. The van der Waals surface area contributed by atoms with E-state index in [1.165, 1.54) is 32.7 Å². The largest absolute Gasteiger partial charge is 0.310 e. The van der Waals surface area contributed by atoms with Crippen molar-refractivity contribution in [1.29, 1.82) is 0 Å². The van der Waals surface area contributed by atoms with Gasteiger partial charge in [0.2, 0.25) is 0 Å². The number of pyridine rings is 1. The van der Waals surface area contributed by atoms with Crippen molar-refractivity contribution in [2.24, 2.45) is 0 Å². The van der Waals surface area contributed by atoms with Crippen LogP contribution in [0.1, 0.15) is 11.1 Å². The monoisotopic (exact) mass is 791 g/mol. The van der Waals surface area contributed by atoms with Crippen LogP contribution < -0.4 is 9.80 Å². The molecule has 3 heteroatoms. The zero-order chi connectivity index (χ0) is 41.6. The lowest BCUT2D eigenvalue weighted by Gasteiger charge is -2.28. The second-order valence-corrected chi connectivity index (χ2v) is 16.1. The summed E-state index contributed by atoms with van der Waals surface area (Å²) in [6, 6.07) is 80.7. The number of para-hydroxylation sites is 1. The summed E-state index contributed by atoms with van der Waals surface area (Å²) in [6.45, 7) is 4.36. The van der Waals surface area contributed by atoms with Gasteiger partial charge in [-0.3, -0.25) is 4.98 Å². The Bertz CT molecular complexity index is 3410. The van der Waals surface area contributed by atoms with E-state index in [0.29, 0.717) is 0 Å². The number of anilines is 6. The van der Waals surface area contributed by atoms with E-state index in [9.17, 15) is 0 Å². The maximum Gasteiger partial charge on any atom is 0.0974 e. The predicted molar refractivity (Wildman–Crippen MR) is 262 cm³/mol. The fourth-order valence-corrected chi connectivity index (χ4v) is 9.22. The quantitative estimate of drug-likeness (QED) is 0.143. The van der Waals surface area contributed by atoms with Crippen LogP contribution in [-0.4, -0.2) is 4.98 Å². The van der Waals surface area contributed by atoms with Gasteiger partial charge in [0.05, 0.1) is 23.1 Å². The van der Waals surface area contributed by atoms with Gasteiger partial charge in [-0.15, -0.1) is 0 Å². The first-order chi connectivity index (χ1) is 30.6. The molecule has 1 heterocycles. The van der Waals surface area contributed by atoms with Crippen molar-refractivity contribution < 1.29 is 0 Å². The minimum Gasteiger partial charge on any atom is -0.310 e. The molecule has 10 aromatic carbocycles. The molecule has 0 aliphatic rings. The molecular formula is C59H41N3. The fourth-order valence-electron chi connectivity index (χ4n) is 9.22. The number of benzene rings is 9. The number of nitrogens with zero attached hydrogens (tertiary/aromatic N) is 3. The normalized spacial score (nSPS) is 11.3. The molecule has 3 nitrogen and oxygen atoms in total. The van der Waals surface area contributed by atoms with Crippen LogP contribution in [0.2, 0.25) is 0 Å². The molecule has 0 atom stereocenters. The summed E-state index contributed by atoms with van der Waals surface area (Å²) in [5, 5.41) is 8.14. The van der Waals surface area contributed by atoms with Crippen molar-refractivity contribution in [2.75, 3.05) is 9.80 Å². The van der Waals surface area contributed by atoms with Crippen LogP contribution in [0.4, 0.5) is 34.1 Å². The number of aromatic nitrogens is 1. The standard InChI is InChI=1S/C59H41N3/c1-40-32-41(2)34-47(33-40)58-55-37-52(61(48-22-8-4-9-23-48)50-28-26-42-16-12-14-20-45(42)35-50)30-31-54(55)57(44-18-6-3-7-19-44)56-38-53(39-60-59(56)58)62(49-24-10-5-11-25-49)51-29-27-43-17-13-15-21-46(43)36-51/h3-10,12-24,26-39H,1-2H3. The van der Waals surface area contributed by atoms with Crippen molar-refractivity contribution in [3.63, 3.8) is 0 Å². The highest BCUT2D eigenvalue weighted by Crippen LogP contribution is 2.48. The highest BCUT2D eigenvalue weighted by Gasteiger charge is 2.23. The van der Waals surface area contributed by atoms with E-state index in [2.05, 4.69) is 230 Å². The number of hydrogen-bond donors (Lipinski definition) is 0. The molecule has 11 aromatic rings. The van der Waals surface area contributed by atoms with Gasteiger partial charge in [-0.2, -0.15) is 0 Å². The van der Waals surface area contributed by atoms with Crippen molar-refractivity contribution in [3.8, 4) is 22.3 Å². The van der Waals surface area contributed by atoms with E-state index in [4.69, 9.17) is 4.98 Å². The van der Waals surface area contributed by atoms with Gasteiger partial charge in [0.1, 0.15) is 0 Å². The Kier molecular flexibility index (Phi) is 9.18. The number of aryl methyl sites for hydroxylation is 2.